The van der Waals surface area contributed by atoms with Crippen molar-refractivity contribution < 1.29 is 4.79 Å². The third-order valence-corrected chi connectivity index (χ3v) is 4.58. The number of nitrogens with two attached hydrogens (primary N) is 1. The molecule has 0 spiro atoms. The van der Waals surface area contributed by atoms with E-state index >= 15 is 0 Å². The minimum Gasteiger partial charge on any atom is -0.334 e. The highest BCUT2D eigenvalue weighted by Crippen LogP contribution is 2.18. The molecule has 0 saturated heterocycles. The second kappa shape index (κ2) is 7.23. The molecule has 0 aliphatic carbocycles. The molecule has 0 aliphatic heterocycles. The zero-order chi connectivity index (χ0) is 18.0. The van der Waals surface area contributed by atoms with Crippen LogP contribution in [-0.4, -0.2) is 41.3 Å². The van der Waals surface area contributed by atoms with Crippen LogP contribution in [0.3, 0.4) is 0 Å². The molecular weight excluding hydrogens is 408 g/mol. The van der Waals surface area contributed by atoms with Gasteiger partial charge in [-0.3, -0.25) is 4.79 Å². The third-order valence-electron chi connectivity index (χ3n) is 3.17. The molecule has 0 atom stereocenters. The number of nitrogens with zero attached hydrogens (tertiary/aromatic N) is 6. The summed E-state index contributed by atoms with van der Waals surface area (Å²) in [4.78, 5) is 16.1. The molecule has 130 valence electrons. The molecule has 3 rings (SSSR count). The number of aryl methyl sites for hydroxylation is 2. The monoisotopic (exact) mass is 422 g/mol. The number of rotatable bonds is 5. The van der Waals surface area contributed by atoms with Crippen molar-refractivity contribution in [3.05, 3.63) is 40.3 Å². The number of halogens is 1. The molecule has 0 aromatic carbocycles. The summed E-state index contributed by atoms with van der Waals surface area (Å²) in [7, 11) is 0. The molecule has 11 heteroatoms. The lowest BCUT2D eigenvalue weighted by Gasteiger charge is -2.05. The first-order chi connectivity index (χ1) is 11.9. The predicted octanol–water partition coefficient (Wildman–Crippen LogP) is 1.68. The van der Waals surface area contributed by atoms with E-state index in [0.717, 1.165) is 15.9 Å². The molecule has 0 radical (unpaired) electrons. The Hall–Kier alpha value is -2.40. The summed E-state index contributed by atoms with van der Waals surface area (Å²) in [6.45, 7) is 3.79. The number of hydrogen-bond donors (Lipinski definition) is 2. The van der Waals surface area contributed by atoms with Gasteiger partial charge in [0.05, 0.1) is 11.4 Å². The second-order valence-electron chi connectivity index (χ2n) is 5.19. The zero-order valence-electron chi connectivity index (χ0n) is 13.5. The van der Waals surface area contributed by atoms with Gasteiger partial charge in [-0.15, -0.1) is 10.2 Å². The number of aromatic nitrogens is 6. The molecule has 9 nitrogen and oxygen atoms in total. The van der Waals surface area contributed by atoms with Gasteiger partial charge in [0.25, 0.3) is 5.95 Å². The molecule has 3 aromatic heterocycles. The standard InChI is InChI=1S/C14H15BrN8OS/c1-8-5-9(2)23(21-8)13-19-20-14(22(13)16)25-7-12(24)18-11-4-3-10(15)6-17-11/h3-6H,7,16H2,1-2H3,(H,17,18,24). The van der Waals surface area contributed by atoms with Gasteiger partial charge in [-0.1, -0.05) is 11.8 Å². The highest BCUT2D eigenvalue weighted by Gasteiger charge is 2.16. The average Bonchev–Trinajstić information content (AvgIpc) is 3.09. The smallest absolute Gasteiger partial charge is 0.271 e. The SMILES string of the molecule is Cc1cc(C)n(-c2nnc(SCC(=O)Nc3ccc(Br)cn3)n2N)n1. The number of pyridine rings is 1. The number of hydrogen-bond acceptors (Lipinski definition) is 7. The highest BCUT2D eigenvalue weighted by atomic mass is 79.9. The summed E-state index contributed by atoms with van der Waals surface area (Å²) in [5.41, 5.74) is 1.75. The molecule has 25 heavy (non-hydrogen) atoms. The van der Waals surface area contributed by atoms with Crippen LogP contribution in [-0.2, 0) is 4.79 Å². The van der Waals surface area contributed by atoms with Crippen LogP contribution in [0, 0.1) is 13.8 Å². The Morgan fingerprint density at radius 3 is 2.80 bits per heavy atom. The number of anilines is 1. The Balaban J connectivity index is 1.65. The molecule has 0 aliphatic rings. The number of carbonyl (C=O) groups is 1. The predicted molar refractivity (Wildman–Crippen MR) is 98.1 cm³/mol. The first-order valence-corrected chi connectivity index (χ1v) is 9.00. The fraction of sp³-hybridized carbons (Fsp3) is 0.214. The van der Waals surface area contributed by atoms with Crippen molar-refractivity contribution in [3.8, 4) is 5.95 Å². The van der Waals surface area contributed by atoms with Gasteiger partial charge >= 0.3 is 0 Å². The summed E-state index contributed by atoms with van der Waals surface area (Å²) in [5, 5.41) is 15.5. The van der Waals surface area contributed by atoms with E-state index in [1.165, 1.54) is 16.4 Å². The molecule has 3 heterocycles. The lowest BCUT2D eigenvalue weighted by atomic mass is 10.4. The number of amides is 1. The molecular formula is C14H15BrN8OS. The fourth-order valence-electron chi connectivity index (χ4n) is 2.10. The van der Waals surface area contributed by atoms with Gasteiger partial charge in [-0.25, -0.2) is 14.3 Å². The Labute approximate surface area is 156 Å². The van der Waals surface area contributed by atoms with Gasteiger partial charge in [0.1, 0.15) is 5.82 Å². The van der Waals surface area contributed by atoms with Crippen LogP contribution in [0.1, 0.15) is 11.4 Å². The highest BCUT2D eigenvalue weighted by molar-refractivity contribution is 9.10. The summed E-state index contributed by atoms with van der Waals surface area (Å²) in [5.74, 6) is 6.82. The third kappa shape index (κ3) is 3.99. The molecule has 3 N–H and O–H groups in total. The van der Waals surface area contributed by atoms with E-state index in [0.29, 0.717) is 16.9 Å². The van der Waals surface area contributed by atoms with Crippen molar-refractivity contribution in [2.45, 2.75) is 19.0 Å². The summed E-state index contributed by atoms with van der Waals surface area (Å²) in [6, 6.07) is 5.42. The molecule has 1 amide bonds. The van der Waals surface area contributed by atoms with Gasteiger partial charge in [0.2, 0.25) is 11.1 Å². The molecule has 0 saturated carbocycles. The lowest BCUT2D eigenvalue weighted by Crippen LogP contribution is -2.19. The van der Waals surface area contributed by atoms with E-state index in [4.69, 9.17) is 5.84 Å². The first-order valence-electron chi connectivity index (χ1n) is 7.22. The maximum absolute atomic E-state index is 12.0. The zero-order valence-corrected chi connectivity index (χ0v) is 15.9. The lowest BCUT2D eigenvalue weighted by molar-refractivity contribution is -0.113. The van der Waals surface area contributed by atoms with Crippen LogP contribution in [0.25, 0.3) is 5.95 Å². The van der Waals surface area contributed by atoms with Crippen molar-refractivity contribution in [3.63, 3.8) is 0 Å². The summed E-state index contributed by atoms with van der Waals surface area (Å²) in [6.07, 6.45) is 1.61. The van der Waals surface area contributed by atoms with E-state index in [2.05, 4.69) is 41.5 Å². The van der Waals surface area contributed by atoms with Crippen molar-refractivity contribution in [1.82, 2.24) is 29.6 Å². The minimum absolute atomic E-state index is 0.129. The van der Waals surface area contributed by atoms with Crippen LogP contribution in [0.5, 0.6) is 0 Å². The van der Waals surface area contributed by atoms with Gasteiger partial charge in [0.15, 0.2) is 0 Å². The number of carbonyl (C=O) groups excluding carboxylic acids is 1. The summed E-state index contributed by atoms with van der Waals surface area (Å²) >= 11 is 4.47. The Morgan fingerprint density at radius 1 is 1.36 bits per heavy atom. The number of nitrogens with one attached hydrogen (secondary N) is 1. The molecule has 0 fully saturated rings. The Bertz CT molecular complexity index is 904. The topological polar surface area (TPSA) is 117 Å². The minimum atomic E-state index is -0.213. The molecule has 0 unspecified atom stereocenters. The van der Waals surface area contributed by atoms with Crippen molar-refractivity contribution in [1.29, 1.82) is 0 Å². The van der Waals surface area contributed by atoms with E-state index in [-0.39, 0.29) is 11.7 Å². The van der Waals surface area contributed by atoms with Crippen molar-refractivity contribution >= 4 is 39.4 Å². The van der Waals surface area contributed by atoms with Gasteiger partial charge in [-0.2, -0.15) is 5.10 Å². The van der Waals surface area contributed by atoms with Crippen LogP contribution in [0.15, 0.2) is 34.0 Å². The normalized spacial score (nSPS) is 10.8. The van der Waals surface area contributed by atoms with Crippen LogP contribution < -0.4 is 11.2 Å². The van der Waals surface area contributed by atoms with E-state index in [1.54, 1.807) is 23.0 Å². The van der Waals surface area contributed by atoms with Gasteiger partial charge in [-0.05, 0) is 48.0 Å². The van der Waals surface area contributed by atoms with Gasteiger partial charge < -0.3 is 11.2 Å². The first kappa shape index (κ1) is 17.4. The van der Waals surface area contributed by atoms with E-state index in [1.807, 2.05) is 19.9 Å². The Kier molecular flexibility index (Phi) is 5.04. The van der Waals surface area contributed by atoms with E-state index in [9.17, 15) is 4.79 Å². The second-order valence-corrected chi connectivity index (χ2v) is 7.05. The Morgan fingerprint density at radius 2 is 2.16 bits per heavy atom. The molecule has 0 bridgehead atoms. The average molecular weight is 423 g/mol. The van der Waals surface area contributed by atoms with E-state index < -0.39 is 0 Å². The maximum atomic E-state index is 12.0. The number of thioether (sulfide) groups is 1. The summed E-state index contributed by atoms with van der Waals surface area (Å²) < 4.78 is 3.76. The van der Waals surface area contributed by atoms with Crippen molar-refractivity contribution in [2.24, 2.45) is 0 Å². The van der Waals surface area contributed by atoms with Crippen LogP contribution in [0.4, 0.5) is 5.82 Å². The number of nitrogen functional groups attached to an aromatic ring is 1. The quantitative estimate of drug-likeness (QED) is 0.474. The van der Waals surface area contributed by atoms with Gasteiger partial charge in [0, 0.05) is 16.4 Å². The maximum Gasteiger partial charge on any atom is 0.271 e. The molecule has 3 aromatic rings. The van der Waals surface area contributed by atoms with Crippen LogP contribution >= 0.6 is 27.7 Å². The fourth-order valence-corrected chi connectivity index (χ4v) is 2.99. The van der Waals surface area contributed by atoms with Crippen molar-refractivity contribution in [2.75, 3.05) is 16.9 Å². The van der Waals surface area contributed by atoms with Crippen LogP contribution in [0.2, 0.25) is 0 Å². The largest absolute Gasteiger partial charge is 0.334 e.